The van der Waals surface area contributed by atoms with Gasteiger partial charge in [0.1, 0.15) is 6.23 Å². The van der Waals surface area contributed by atoms with Gasteiger partial charge >= 0.3 is 15.9 Å². The molecule has 0 saturated carbocycles. The molecule has 116 valence electrons. The van der Waals surface area contributed by atoms with Gasteiger partial charge in [0.2, 0.25) is 0 Å². The van der Waals surface area contributed by atoms with Crippen LogP contribution in [-0.4, -0.2) is 33.9 Å². The number of benzene rings is 2. The zero-order valence-electron chi connectivity index (χ0n) is 13.1. The van der Waals surface area contributed by atoms with Crippen molar-refractivity contribution in [1.29, 1.82) is 0 Å². The molecule has 3 atom stereocenters. The van der Waals surface area contributed by atoms with Crippen molar-refractivity contribution in [2.24, 2.45) is 11.0 Å². The van der Waals surface area contributed by atoms with Gasteiger partial charge in [0.25, 0.3) is 0 Å². The Morgan fingerprint density at radius 2 is 1.70 bits per heavy atom. The summed E-state index contributed by atoms with van der Waals surface area (Å²) >= 11 is -0.979. The zero-order chi connectivity index (χ0) is 15.6. The van der Waals surface area contributed by atoms with Crippen LogP contribution in [0.15, 0.2) is 65.8 Å². The first-order chi connectivity index (χ1) is 11.3. The number of para-hydroxylation sites is 1. The Morgan fingerprint density at radius 1 is 1.00 bits per heavy atom. The summed E-state index contributed by atoms with van der Waals surface area (Å²) in [6.07, 6.45) is 1.04. The molecule has 0 radical (unpaired) electrons. The van der Waals surface area contributed by atoms with E-state index in [1.807, 2.05) is 29.3 Å². The lowest BCUT2D eigenvalue weighted by molar-refractivity contribution is 0.00899. The fraction of sp³-hybridized carbons (Fsp3) is 0.278. The van der Waals surface area contributed by atoms with E-state index in [1.54, 1.807) is 0 Å². The number of nitrogens with zero attached hydrogens (tertiary/aromatic N) is 2. The third kappa shape index (κ3) is 2.94. The molecular formula is C18H19AlN2O2. The molecule has 2 aromatic carbocycles. The zero-order valence-corrected chi connectivity index (χ0v) is 14.5. The van der Waals surface area contributed by atoms with E-state index in [2.05, 4.69) is 43.3 Å². The number of rotatable bonds is 3. The summed E-state index contributed by atoms with van der Waals surface area (Å²) in [4.78, 5) is 0. The Kier molecular flexibility index (Phi) is 4.19. The van der Waals surface area contributed by atoms with E-state index in [1.165, 1.54) is 5.56 Å². The standard InChI is InChI=1S/C18H18N2O2.Al.H/c1-13-17(16(21)12-14-8-4-2-5-9-14)18(22)20(19-13)15-10-6-3-7-11-15;;/h2-11,16-18H,12H2,1H3;;/q-2;+2;. The molecule has 0 spiro atoms. The van der Waals surface area contributed by atoms with E-state index < -0.39 is 15.9 Å². The third-order valence-corrected chi connectivity index (χ3v) is 5.56. The van der Waals surface area contributed by atoms with Gasteiger partial charge in [0.15, 0.2) is 0 Å². The minimum atomic E-state index is -0.979. The quantitative estimate of drug-likeness (QED) is 0.815. The summed E-state index contributed by atoms with van der Waals surface area (Å²) in [6, 6.07) is 20.8. The Hall–Kier alpha value is -1.64. The second-order valence-corrected chi connectivity index (χ2v) is 6.92. The van der Waals surface area contributed by atoms with Crippen molar-refractivity contribution >= 4 is 27.3 Å². The van der Waals surface area contributed by atoms with Gasteiger partial charge in [-0.25, -0.2) is 5.01 Å². The van der Waals surface area contributed by atoms with Crippen LogP contribution in [-0.2, 0) is 14.0 Å². The minimum Gasteiger partial charge on any atom is -0.478 e. The van der Waals surface area contributed by atoms with Crippen LogP contribution in [0.2, 0.25) is 0 Å². The molecule has 0 amide bonds. The van der Waals surface area contributed by atoms with Crippen molar-refractivity contribution in [2.75, 3.05) is 5.01 Å². The normalized spacial score (nSPS) is 26.4. The van der Waals surface area contributed by atoms with E-state index in [9.17, 15) is 0 Å². The molecule has 1 fully saturated rings. The highest BCUT2D eigenvalue weighted by atomic mass is 27.2. The average molecular weight is 322 g/mol. The summed E-state index contributed by atoms with van der Waals surface area (Å²) in [5, 5.41) is 6.78. The van der Waals surface area contributed by atoms with Crippen LogP contribution in [0.3, 0.4) is 0 Å². The summed E-state index contributed by atoms with van der Waals surface area (Å²) in [5.41, 5.74) is 3.47. The Labute approximate surface area is 143 Å². The Balaban J connectivity index is 1.58. The lowest BCUT2D eigenvalue weighted by atomic mass is 9.91. The number of fused-ring (bicyclic) bond motifs is 1. The van der Waals surface area contributed by atoms with Crippen molar-refractivity contribution in [2.45, 2.75) is 25.7 Å². The molecule has 0 bridgehead atoms. The van der Waals surface area contributed by atoms with E-state index in [0.29, 0.717) is 0 Å². The molecule has 2 aliphatic heterocycles. The number of anilines is 1. The van der Waals surface area contributed by atoms with Crippen LogP contribution in [0, 0.1) is 5.92 Å². The fourth-order valence-electron chi connectivity index (χ4n) is 3.40. The molecule has 23 heavy (non-hydrogen) atoms. The van der Waals surface area contributed by atoms with Crippen LogP contribution in [0.4, 0.5) is 5.69 Å². The van der Waals surface area contributed by atoms with Gasteiger partial charge < -0.3 is 7.58 Å². The fourth-order valence-corrected chi connectivity index (χ4v) is 4.46. The van der Waals surface area contributed by atoms with Gasteiger partial charge in [0.05, 0.1) is 11.6 Å². The lowest BCUT2D eigenvalue weighted by Gasteiger charge is -2.38. The maximum atomic E-state index is 6.06. The lowest BCUT2D eigenvalue weighted by Crippen LogP contribution is -2.49. The van der Waals surface area contributed by atoms with Crippen LogP contribution in [0.5, 0.6) is 0 Å². The molecule has 1 saturated heterocycles. The predicted molar refractivity (Wildman–Crippen MR) is 92.6 cm³/mol. The first-order valence-electron chi connectivity index (χ1n) is 7.99. The predicted octanol–water partition coefficient (Wildman–Crippen LogP) is 2.75. The first kappa shape index (κ1) is 14.9. The van der Waals surface area contributed by atoms with E-state index in [0.717, 1.165) is 17.8 Å². The Morgan fingerprint density at radius 3 is 2.43 bits per heavy atom. The second-order valence-electron chi connectivity index (χ2n) is 6.02. The number of hydrogen-bond donors (Lipinski definition) is 0. The minimum absolute atomic E-state index is 0.0217. The molecule has 2 aliphatic rings. The molecule has 0 aromatic heterocycles. The van der Waals surface area contributed by atoms with Crippen LogP contribution < -0.4 is 5.01 Å². The van der Waals surface area contributed by atoms with Crippen molar-refractivity contribution in [3.8, 4) is 0 Å². The molecule has 4 rings (SSSR count). The SMILES string of the molecule is CC1=NN(c2ccccc2)C2[O][AlH][O]C(Cc3ccccc3)C12. The smallest absolute Gasteiger partial charge is 0.478 e. The van der Waals surface area contributed by atoms with Crippen molar-refractivity contribution in [3.63, 3.8) is 0 Å². The van der Waals surface area contributed by atoms with Crippen LogP contribution in [0.1, 0.15) is 12.5 Å². The van der Waals surface area contributed by atoms with Crippen molar-refractivity contribution in [3.05, 3.63) is 66.2 Å². The molecule has 2 aromatic rings. The third-order valence-electron chi connectivity index (χ3n) is 4.52. The largest absolute Gasteiger partial charge is 0.651 e. The topological polar surface area (TPSA) is 34.1 Å². The second kappa shape index (κ2) is 6.47. The summed E-state index contributed by atoms with van der Waals surface area (Å²) in [5.74, 6) is 0.191. The highest BCUT2D eigenvalue weighted by Crippen LogP contribution is 2.35. The van der Waals surface area contributed by atoms with Gasteiger partial charge in [-0.05, 0) is 31.0 Å². The molecular weight excluding hydrogens is 303 g/mol. The molecule has 5 heteroatoms. The maximum absolute atomic E-state index is 6.06. The van der Waals surface area contributed by atoms with E-state index in [4.69, 9.17) is 12.7 Å². The summed E-state index contributed by atoms with van der Waals surface area (Å²) < 4.78 is 12.1. The molecule has 2 heterocycles. The van der Waals surface area contributed by atoms with Gasteiger partial charge in [-0.15, -0.1) is 0 Å². The highest BCUT2D eigenvalue weighted by Gasteiger charge is 2.45. The maximum Gasteiger partial charge on any atom is 0.651 e. The molecule has 0 aliphatic carbocycles. The summed E-state index contributed by atoms with van der Waals surface area (Å²) in [6.45, 7) is 2.08. The molecule has 3 unspecified atom stereocenters. The van der Waals surface area contributed by atoms with E-state index >= 15 is 0 Å². The number of hydrogen-bond acceptors (Lipinski definition) is 4. The first-order valence-corrected chi connectivity index (χ1v) is 9.15. The molecule has 4 nitrogen and oxygen atoms in total. The average Bonchev–Trinajstić information content (AvgIpc) is 2.95. The highest BCUT2D eigenvalue weighted by molar-refractivity contribution is 6.19. The number of hydrazone groups is 1. The van der Waals surface area contributed by atoms with Gasteiger partial charge in [0, 0.05) is 11.8 Å². The van der Waals surface area contributed by atoms with Crippen molar-refractivity contribution in [1.82, 2.24) is 0 Å². The van der Waals surface area contributed by atoms with Gasteiger partial charge in [-0.3, -0.25) is 0 Å². The van der Waals surface area contributed by atoms with Crippen LogP contribution >= 0.6 is 0 Å². The molecule has 0 N–H and O–H groups in total. The Bertz CT molecular complexity index is 693. The monoisotopic (exact) mass is 322 g/mol. The van der Waals surface area contributed by atoms with Gasteiger partial charge in [-0.2, -0.15) is 5.10 Å². The van der Waals surface area contributed by atoms with Crippen molar-refractivity contribution < 1.29 is 7.58 Å². The van der Waals surface area contributed by atoms with Gasteiger partial charge in [-0.1, -0.05) is 48.5 Å². The summed E-state index contributed by atoms with van der Waals surface area (Å²) in [7, 11) is 0. The van der Waals surface area contributed by atoms with Crippen LogP contribution in [0.25, 0.3) is 0 Å². The van der Waals surface area contributed by atoms with E-state index in [-0.39, 0.29) is 18.2 Å².